The second-order valence-electron chi connectivity index (χ2n) is 8.32. The van der Waals surface area contributed by atoms with Gasteiger partial charge >= 0.3 is 0 Å². The predicted molar refractivity (Wildman–Crippen MR) is 128 cm³/mol. The standard InChI is InChI=1S/C24H22ClF2N7/c1-13(21-12-28-5-6-29-21)32-15-3-2-4-16(9-15)33-24-20(27)11-31-23(34-24)18-10-30-22-17(18)7-14(25)8-19(22)26/h5-8,10-12,15-16,30,32H,1-4,9H2,(H,31,33,34)/t15-,16+/m1/s1. The molecule has 1 aliphatic rings. The molecule has 0 bridgehead atoms. The Labute approximate surface area is 199 Å². The summed E-state index contributed by atoms with van der Waals surface area (Å²) >= 11 is 6.03. The molecule has 3 N–H and O–H groups in total. The number of anilines is 1. The molecule has 0 aliphatic heterocycles. The first-order chi connectivity index (χ1) is 16.5. The lowest BCUT2D eigenvalue weighted by Gasteiger charge is -2.31. The number of aromatic nitrogens is 5. The van der Waals surface area contributed by atoms with E-state index in [0.717, 1.165) is 31.9 Å². The van der Waals surface area contributed by atoms with Gasteiger partial charge in [-0.2, -0.15) is 0 Å². The van der Waals surface area contributed by atoms with Gasteiger partial charge in [0, 0.05) is 46.6 Å². The average molecular weight is 482 g/mol. The number of benzene rings is 1. The van der Waals surface area contributed by atoms with Gasteiger partial charge in [-0.15, -0.1) is 0 Å². The quantitative estimate of drug-likeness (QED) is 0.345. The van der Waals surface area contributed by atoms with Gasteiger partial charge in [-0.3, -0.25) is 9.97 Å². The van der Waals surface area contributed by atoms with Gasteiger partial charge in [0.15, 0.2) is 17.5 Å². The molecule has 0 radical (unpaired) electrons. The lowest BCUT2D eigenvalue weighted by molar-refractivity contribution is 0.380. The summed E-state index contributed by atoms with van der Waals surface area (Å²) < 4.78 is 28.8. The summed E-state index contributed by atoms with van der Waals surface area (Å²) in [4.78, 5) is 19.8. The highest BCUT2D eigenvalue weighted by Crippen LogP contribution is 2.32. The molecule has 5 rings (SSSR count). The van der Waals surface area contributed by atoms with Gasteiger partial charge in [-0.25, -0.2) is 18.7 Å². The highest BCUT2D eigenvalue weighted by molar-refractivity contribution is 6.31. The topological polar surface area (TPSA) is 91.4 Å². The van der Waals surface area contributed by atoms with Crippen LogP contribution < -0.4 is 10.6 Å². The monoisotopic (exact) mass is 481 g/mol. The van der Waals surface area contributed by atoms with E-state index in [1.165, 1.54) is 6.07 Å². The van der Waals surface area contributed by atoms with E-state index in [1.54, 1.807) is 30.9 Å². The van der Waals surface area contributed by atoms with Crippen molar-refractivity contribution in [1.82, 2.24) is 30.2 Å². The van der Waals surface area contributed by atoms with Crippen molar-refractivity contribution < 1.29 is 8.78 Å². The van der Waals surface area contributed by atoms with E-state index < -0.39 is 11.6 Å². The van der Waals surface area contributed by atoms with E-state index in [-0.39, 0.29) is 28.7 Å². The molecular formula is C24H22ClF2N7. The molecule has 3 heterocycles. The number of hydrogen-bond acceptors (Lipinski definition) is 6. The molecule has 0 unspecified atom stereocenters. The highest BCUT2D eigenvalue weighted by atomic mass is 35.5. The first kappa shape index (κ1) is 22.2. The predicted octanol–water partition coefficient (Wildman–Crippen LogP) is 5.33. The summed E-state index contributed by atoms with van der Waals surface area (Å²) in [6.07, 6.45) is 11.2. The van der Waals surface area contributed by atoms with E-state index in [4.69, 9.17) is 11.6 Å². The number of aromatic amines is 1. The minimum Gasteiger partial charge on any atom is -0.381 e. The van der Waals surface area contributed by atoms with Gasteiger partial charge < -0.3 is 15.6 Å². The lowest BCUT2D eigenvalue weighted by atomic mass is 9.90. The Hall–Kier alpha value is -3.59. The summed E-state index contributed by atoms with van der Waals surface area (Å²) in [7, 11) is 0. The van der Waals surface area contributed by atoms with E-state index in [1.807, 2.05) is 0 Å². The minimum atomic E-state index is -0.549. The smallest absolute Gasteiger partial charge is 0.183 e. The maximum atomic E-state index is 14.6. The molecule has 2 atom stereocenters. The first-order valence-electron chi connectivity index (χ1n) is 11.0. The summed E-state index contributed by atoms with van der Waals surface area (Å²) in [5.41, 5.74) is 2.24. The summed E-state index contributed by atoms with van der Waals surface area (Å²) in [6.45, 7) is 4.07. The molecule has 1 aromatic carbocycles. The van der Waals surface area contributed by atoms with Crippen molar-refractivity contribution >= 4 is 34.0 Å². The van der Waals surface area contributed by atoms with Crippen LogP contribution >= 0.6 is 11.6 Å². The van der Waals surface area contributed by atoms with Crippen molar-refractivity contribution in [3.63, 3.8) is 0 Å². The van der Waals surface area contributed by atoms with Crippen LogP contribution in [-0.4, -0.2) is 37.0 Å². The Bertz CT molecular complexity index is 1340. The molecule has 0 amide bonds. The normalized spacial score (nSPS) is 18.1. The van der Waals surface area contributed by atoms with Crippen LogP contribution in [0.2, 0.25) is 5.02 Å². The van der Waals surface area contributed by atoms with Crippen LogP contribution in [0, 0.1) is 11.6 Å². The minimum absolute atomic E-state index is 0.00742. The second kappa shape index (κ2) is 9.34. The van der Waals surface area contributed by atoms with E-state index in [9.17, 15) is 8.78 Å². The lowest BCUT2D eigenvalue weighted by Crippen LogP contribution is -2.38. The fourth-order valence-electron chi connectivity index (χ4n) is 4.36. The summed E-state index contributed by atoms with van der Waals surface area (Å²) in [5, 5.41) is 7.44. The third-order valence-electron chi connectivity index (χ3n) is 5.96. The van der Waals surface area contributed by atoms with Crippen molar-refractivity contribution in [3.8, 4) is 11.4 Å². The van der Waals surface area contributed by atoms with Gasteiger partial charge in [-0.1, -0.05) is 18.2 Å². The fraction of sp³-hybridized carbons (Fsp3) is 0.250. The van der Waals surface area contributed by atoms with Crippen LogP contribution in [0.15, 0.2) is 49.7 Å². The molecule has 1 saturated carbocycles. The Morgan fingerprint density at radius 2 is 1.94 bits per heavy atom. The maximum absolute atomic E-state index is 14.6. The number of hydrogen-bond donors (Lipinski definition) is 3. The Balaban J connectivity index is 1.33. The molecule has 0 spiro atoms. The molecule has 3 aromatic heterocycles. The zero-order valence-corrected chi connectivity index (χ0v) is 18.9. The summed E-state index contributed by atoms with van der Waals surface area (Å²) in [6, 6.07) is 3.03. The van der Waals surface area contributed by atoms with Crippen LogP contribution in [-0.2, 0) is 0 Å². The Morgan fingerprint density at radius 1 is 1.09 bits per heavy atom. The molecule has 7 nitrogen and oxygen atoms in total. The van der Waals surface area contributed by atoms with Crippen molar-refractivity contribution in [2.24, 2.45) is 0 Å². The fourth-order valence-corrected chi connectivity index (χ4v) is 4.56. The molecule has 4 aromatic rings. The van der Waals surface area contributed by atoms with Crippen LogP contribution in [0.5, 0.6) is 0 Å². The number of nitrogens with one attached hydrogen (secondary N) is 3. The molecule has 34 heavy (non-hydrogen) atoms. The van der Waals surface area contributed by atoms with E-state index in [0.29, 0.717) is 27.9 Å². The SMILES string of the molecule is C=C(N[C@@H]1CCC[C@H](Nc2nc(-c3c[nH]c4c(F)cc(Cl)cc34)ncc2F)C1)c1cnccn1. The van der Waals surface area contributed by atoms with Crippen LogP contribution in [0.3, 0.4) is 0 Å². The molecule has 1 fully saturated rings. The number of fused-ring (bicyclic) bond motifs is 1. The van der Waals surface area contributed by atoms with E-state index >= 15 is 0 Å². The highest BCUT2D eigenvalue weighted by Gasteiger charge is 2.24. The molecular weight excluding hydrogens is 460 g/mol. The van der Waals surface area contributed by atoms with Gasteiger partial charge in [0.05, 0.1) is 23.6 Å². The van der Waals surface area contributed by atoms with Crippen molar-refractivity contribution in [2.75, 3.05) is 5.32 Å². The Morgan fingerprint density at radius 3 is 2.76 bits per heavy atom. The van der Waals surface area contributed by atoms with Crippen LogP contribution in [0.1, 0.15) is 31.4 Å². The molecule has 1 aliphatic carbocycles. The van der Waals surface area contributed by atoms with Crippen LogP contribution in [0.4, 0.5) is 14.6 Å². The number of halogens is 3. The third-order valence-corrected chi connectivity index (χ3v) is 6.18. The maximum Gasteiger partial charge on any atom is 0.183 e. The molecule has 0 saturated heterocycles. The van der Waals surface area contributed by atoms with Gasteiger partial charge in [0.25, 0.3) is 0 Å². The van der Waals surface area contributed by atoms with Crippen molar-refractivity contribution in [2.45, 2.75) is 37.8 Å². The first-order valence-corrected chi connectivity index (χ1v) is 11.3. The van der Waals surface area contributed by atoms with Crippen LogP contribution in [0.25, 0.3) is 28.0 Å². The van der Waals surface area contributed by atoms with Crippen molar-refractivity contribution in [1.29, 1.82) is 0 Å². The van der Waals surface area contributed by atoms with Gasteiger partial charge in [0.1, 0.15) is 11.5 Å². The van der Waals surface area contributed by atoms with E-state index in [2.05, 4.69) is 42.1 Å². The van der Waals surface area contributed by atoms with Gasteiger partial charge in [0.2, 0.25) is 0 Å². The van der Waals surface area contributed by atoms with Gasteiger partial charge in [-0.05, 0) is 37.8 Å². The zero-order valence-electron chi connectivity index (χ0n) is 18.2. The second-order valence-corrected chi connectivity index (χ2v) is 8.76. The largest absolute Gasteiger partial charge is 0.381 e. The summed E-state index contributed by atoms with van der Waals surface area (Å²) in [5.74, 6) is -0.636. The molecule has 10 heteroatoms. The Kier molecular flexibility index (Phi) is 6.10. The zero-order chi connectivity index (χ0) is 23.7. The number of H-pyrrole nitrogens is 1. The molecule has 174 valence electrons. The number of rotatable bonds is 6. The number of nitrogens with zero attached hydrogens (tertiary/aromatic N) is 4. The third kappa shape index (κ3) is 4.56. The van der Waals surface area contributed by atoms with Crippen molar-refractivity contribution in [3.05, 3.63) is 72.0 Å². The average Bonchev–Trinajstić information content (AvgIpc) is 3.25.